The molecule has 27 heavy (non-hydrogen) atoms. The molecule has 0 atom stereocenters. The average Bonchev–Trinajstić information content (AvgIpc) is 3.09. The lowest BCUT2D eigenvalue weighted by atomic mass is 10.1. The monoisotopic (exact) mass is 419 g/mol. The van der Waals surface area contributed by atoms with Crippen LogP contribution in [0.25, 0.3) is 0 Å². The van der Waals surface area contributed by atoms with Gasteiger partial charge in [0.05, 0.1) is 0 Å². The zero-order valence-electron chi connectivity index (χ0n) is 14.9. The fourth-order valence-electron chi connectivity index (χ4n) is 2.15. The van der Waals surface area contributed by atoms with Crippen LogP contribution in [0.1, 0.15) is 16.7 Å². The number of amides is 1. The Bertz CT molecular complexity index is 929. The van der Waals surface area contributed by atoms with E-state index in [1.54, 1.807) is 11.8 Å². The highest BCUT2D eigenvalue weighted by molar-refractivity contribution is 8.00. The first-order valence-electron chi connectivity index (χ1n) is 8.20. The predicted octanol–water partition coefficient (Wildman–Crippen LogP) is 5.12. The second kappa shape index (κ2) is 9.21. The number of ether oxygens (including phenoxy) is 1. The van der Waals surface area contributed by atoms with Crippen LogP contribution in [0, 0.1) is 13.8 Å². The molecule has 0 spiro atoms. The Hall–Kier alpha value is -2.09. The largest absolute Gasteiger partial charge is 0.484 e. The highest BCUT2D eigenvalue weighted by Gasteiger charge is 2.10. The van der Waals surface area contributed by atoms with Crippen molar-refractivity contribution in [1.82, 2.24) is 10.2 Å². The quantitative estimate of drug-likeness (QED) is 0.425. The fraction of sp³-hybridized carbons (Fsp3) is 0.211. The molecule has 0 bridgehead atoms. The lowest BCUT2D eigenvalue weighted by Crippen LogP contribution is -2.20. The van der Waals surface area contributed by atoms with E-state index >= 15 is 0 Å². The number of nitrogens with one attached hydrogen (secondary N) is 1. The van der Waals surface area contributed by atoms with Crippen molar-refractivity contribution >= 4 is 45.7 Å². The van der Waals surface area contributed by atoms with Gasteiger partial charge >= 0.3 is 0 Å². The summed E-state index contributed by atoms with van der Waals surface area (Å²) in [5, 5.41) is 12.0. The maximum atomic E-state index is 12.0. The van der Waals surface area contributed by atoms with Gasteiger partial charge in [0.1, 0.15) is 5.75 Å². The first kappa shape index (κ1) is 19.7. The third-order valence-corrected chi connectivity index (χ3v) is 6.07. The van der Waals surface area contributed by atoms with Crippen molar-refractivity contribution in [3.05, 3.63) is 64.2 Å². The van der Waals surface area contributed by atoms with Crippen molar-refractivity contribution in [2.75, 3.05) is 11.9 Å². The molecule has 0 aliphatic heterocycles. The number of aromatic nitrogens is 2. The summed E-state index contributed by atoms with van der Waals surface area (Å²) >= 11 is 8.78. The minimum absolute atomic E-state index is 0.0741. The average molecular weight is 420 g/mol. The van der Waals surface area contributed by atoms with Crippen molar-refractivity contribution in [3.63, 3.8) is 0 Å². The number of hydrogen-bond acceptors (Lipinski definition) is 6. The van der Waals surface area contributed by atoms with Crippen molar-refractivity contribution < 1.29 is 9.53 Å². The molecule has 0 saturated heterocycles. The molecular weight excluding hydrogens is 402 g/mol. The number of rotatable bonds is 7. The summed E-state index contributed by atoms with van der Waals surface area (Å²) in [5.74, 6) is 1.17. The third-order valence-electron chi connectivity index (χ3n) is 3.78. The highest BCUT2D eigenvalue weighted by Crippen LogP contribution is 2.28. The highest BCUT2D eigenvalue weighted by atomic mass is 35.5. The lowest BCUT2D eigenvalue weighted by Gasteiger charge is -2.07. The van der Waals surface area contributed by atoms with Crippen LogP contribution in [-0.4, -0.2) is 22.7 Å². The van der Waals surface area contributed by atoms with Gasteiger partial charge in [-0.2, -0.15) is 0 Å². The number of carbonyl (C=O) groups excluding carboxylic acids is 1. The molecule has 5 nitrogen and oxygen atoms in total. The van der Waals surface area contributed by atoms with Gasteiger partial charge in [-0.05, 0) is 54.8 Å². The Kier molecular flexibility index (Phi) is 6.71. The summed E-state index contributed by atoms with van der Waals surface area (Å²) in [4.78, 5) is 12.0. The molecule has 3 aromatic rings. The van der Waals surface area contributed by atoms with E-state index in [2.05, 4.69) is 15.5 Å². The van der Waals surface area contributed by atoms with Crippen molar-refractivity contribution in [3.8, 4) is 5.75 Å². The SMILES string of the molecule is Cc1ccc(OCC(=O)Nc2nnc(SCc3ccc(Cl)cc3)s2)cc1C. The molecule has 0 aliphatic carbocycles. The zero-order chi connectivity index (χ0) is 19.2. The molecular formula is C19H18ClN3O2S2. The van der Waals surface area contributed by atoms with E-state index in [9.17, 15) is 4.79 Å². The van der Waals surface area contributed by atoms with Crippen LogP contribution in [0.5, 0.6) is 5.75 Å². The van der Waals surface area contributed by atoms with Gasteiger partial charge in [-0.15, -0.1) is 10.2 Å². The second-order valence-electron chi connectivity index (χ2n) is 5.87. The molecule has 3 rings (SSSR count). The van der Waals surface area contributed by atoms with E-state index in [0.717, 1.165) is 21.2 Å². The van der Waals surface area contributed by atoms with Gasteiger partial charge in [-0.1, -0.05) is 52.9 Å². The summed E-state index contributed by atoms with van der Waals surface area (Å²) in [6, 6.07) is 13.4. The standard InChI is InChI=1S/C19H18ClN3O2S2/c1-12-3-8-16(9-13(12)2)25-10-17(24)21-18-22-23-19(27-18)26-11-14-4-6-15(20)7-5-14/h3-9H,10-11H2,1-2H3,(H,21,22,24). The van der Waals surface area contributed by atoms with Crippen molar-refractivity contribution in [2.24, 2.45) is 0 Å². The zero-order valence-corrected chi connectivity index (χ0v) is 17.2. The Morgan fingerprint density at radius 3 is 2.67 bits per heavy atom. The maximum Gasteiger partial charge on any atom is 0.264 e. The van der Waals surface area contributed by atoms with Crippen LogP contribution in [0.15, 0.2) is 46.8 Å². The van der Waals surface area contributed by atoms with Gasteiger partial charge < -0.3 is 4.74 Å². The van der Waals surface area contributed by atoms with Crippen LogP contribution in [-0.2, 0) is 10.5 Å². The van der Waals surface area contributed by atoms with E-state index in [4.69, 9.17) is 16.3 Å². The molecule has 0 aliphatic rings. The number of halogens is 1. The molecule has 1 N–H and O–H groups in total. The van der Waals surface area contributed by atoms with Crippen LogP contribution < -0.4 is 10.1 Å². The van der Waals surface area contributed by atoms with Gasteiger partial charge in [-0.3, -0.25) is 10.1 Å². The fourth-order valence-corrected chi connectivity index (χ4v) is 4.00. The van der Waals surface area contributed by atoms with E-state index < -0.39 is 0 Å². The minimum Gasteiger partial charge on any atom is -0.484 e. The summed E-state index contributed by atoms with van der Waals surface area (Å²) in [7, 11) is 0. The Balaban J connectivity index is 1.47. The summed E-state index contributed by atoms with van der Waals surface area (Å²) in [6.07, 6.45) is 0. The number of anilines is 1. The summed E-state index contributed by atoms with van der Waals surface area (Å²) in [5.41, 5.74) is 3.45. The second-order valence-corrected chi connectivity index (χ2v) is 8.51. The third kappa shape index (κ3) is 5.95. The van der Waals surface area contributed by atoms with Crippen LogP contribution in [0.3, 0.4) is 0 Å². The van der Waals surface area contributed by atoms with Crippen molar-refractivity contribution in [1.29, 1.82) is 0 Å². The van der Waals surface area contributed by atoms with Gasteiger partial charge in [0.15, 0.2) is 10.9 Å². The van der Waals surface area contributed by atoms with Gasteiger partial charge in [-0.25, -0.2) is 0 Å². The van der Waals surface area contributed by atoms with Crippen LogP contribution in [0.2, 0.25) is 5.02 Å². The number of carbonyl (C=O) groups is 1. The molecule has 2 aromatic carbocycles. The Morgan fingerprint density at radius 1 is 1.15 bits per heavy atom. The number of hydrogen-bond donors (Lipinski definition) is 1. The minimum atomic E-state index is -0.265. The molecule has 0 saturated carbocycles. The number of aryl methyl sites for hydroxylation is 2. The first-order valence-corrected chi connectivity index (χ1v) is 10.4. The van der Waals surface area contributed by atoms with E-state index in [0.29, 0.717) is 15.9 Å². The molecule has 1 heterocycles. The van der Waals surface area contributed by atoms with Gasteiger partial charge in [0, 0.05) is 10.8 Å². The van der Waals surface area contributed by atoms with Gasteiger partial charge in [0.25, 0.3) is 5.91 Å². The van der Waals surface area contributed by atoms with E-state index in [-0.39, 0.29) is 12.5 Å². The molecule has 140 valence electrons. The van der Waals surface area contributed by atoms with Crippen molar-refractivity contribution in [2.45, 2.75) is 23.9 Å². The Labute approximate surface area is 171 Å². The van der Waals surface area contributed by atoms with Gasteiger partial charge in [0.2, 0.25) is 5.13 Å². The molecule has 0 unspecified atom stereocenters. The topological polar surface area (TPSA) is 64.1 Å². The van der Waals surface area contributed by atoms with Crippen LogP contribution >= 0.6 is 34.7 Å². The predicted molar refractivity (Wildman–Crippen MR) is 111 cm³/mol. The number of thioether (sulfide) groups is 1. The molecule has 8 heteroatoms. The molecule has 0 radical (unpaired) electrons. The Morgan fingerprint density at radius 2 is 1.93 bits per heavy atom. The lowest BCUT2D eigenvalue weighted by molar-refractivity contribution is -0.118. The molecule has 1 amide bonds. The molecule has 0 fully saturated rings. The number of nitrogens with zero attached hydrogens (tertiary/aromatic N) is 2. The number of benzene rings is 2. The smallest absolute Gasteiger partial charge is 0.264 e. The first-order chi connectivity index (χ1) is 13.0. The van der Waals surface area contributed by atoms with Crippen LogP contribution in [0.4, 0.5) is 5.13 Å². The summed E-state index contributed by atoms with van der Waals surface area (Å²) in [6.45, 7) is 3.96. The van der Waals surface area contributed by atoms with E-state index in [1.807, 2.05) is 56.3 Å². The maximum absolute atomic E-state index is 12.0. The normalized spacial score (nSPS) is 10.6. The molecule has 1 aromatic heterocycles. The summed E-state index contributed by atoms with van der Waals surface area (Å²) < 4.78 is 6.31. The van der Waals surface area contributed by atoms with E-state index in [1.165, 1.54) is 16.9 Å².